The number of hydrogen-bond acceptors (Lipinski definition) is 6. The molecule has 9 nitrogen and oxygen atoms in total. The molecule has 0 saturated carbocycles. The molecular weight excluding hydrogens is 290 g/mol. The normalized spacial score (nSPS) is 9.05. The van der Waals surface area contributed by atoms with Gasteiger partial charge in [-0.3, -0.25) is 4.79 Å². The lowest BCUT2D eigenvalue weighted by Gasteiger charge is -2.07. The Morgan fingerprint density at radius 3 is 2.68 bits per heavy atom. The number of nitriles is 1. The van der Waals surface area contributed by atoms with Gasteiger partial charge >= 0.3 is 12.1 Å². The minimum atomic E-state index is -0.674. The number of hydrogen-bond donors (Lipinski definition) is 1. The van der Waals surface area contributed by atoms with Crippen molar-refractivity contribution < 1.29 is 19.1 Å². The van der Waals surface area contributed by atoms with E-state index >= 15 is 0 Å². The van der Waals surface area contributed by atoms with Crippen LogP contribution in [0.15, 0.2) is 29.4 Å². The van der Waals surface area contributed by atoms with E-state index in [4.69, 9.17) is 15.5 Å². The average molecular weight is 303 g/mol. The van der Waals surface area contributed by atoms with Gasteiger partial charge in [-0.25, -0.2) is 4.79 Å². The highest BCUT2D eigenvalue weighted by Gasteiger charge is 2.06. The van der Waals surface area contributed by atoms with Crippen LogP contribution in [0, 0.1) is 11.3 Å². The quantitative estimate of drug-likeness (QED) is 0.356. The van der Waals surface area contributed by atoms with Crippen molar-refractivity contribution >= 4 is 17.7 Å². The van der Waals surface area contributed by atoms with Gasteiger partial charge in [-0.1, -0.05) is 29.4 Å². The zero-order valence-corrected chi connectivity index (χ0v) is 11.6. The lowest BCUT2D eigenvalue weighted by molar-refractivity contribution is -0.142. The maximum absolute atomic E-state index is 11.4. The SMILES string of the molecule is N#CCOC(=O)CCNC(=O)OCc1ccc(N=[N+]=[N-])cc1. The topological polar surface area (TPSA) is 137 Å². The number of nitrogens with one attached hydrogen (secondary N) is 1. The Hall–Kier alpha value is -3.24. The Balaban J connectivity index is 2.24. The molecule has 0 fully saturated rings. The van der Waals surface area contributed by atoms with Crippen LogP contribution in [-0.4, -0.2) is 25.2 Å². The molecule has 0 heterocycles. The number of carbonyl (C=O) groups is 2. The molecule has 114 valence electrons. The summed E-state index contributed by atoms with van der Waals surface area (Å²) in [5, 5.41) is 14.0. The lowest BCUT2D eigenvalue weighted by atomic mass is 10.2. The van der Waals surface area contributed by atoms with Crippen LogP contribution < -0.4 is 5.32 Å². The highest BCUT2D eigenvalue weighted by Crippen LogP contribution is 2.13. The summed E-state index contributed by atoms with van der Waals surface area (Å²) in [4.78, 5) is 25.1. The van der Waals surface area contributed by atoms with Crippen molar-refractivity contribution in [2.45, 2.75) is 13.0 Å². The first kappa shape index (κ1) is 16.8. The molecule has 1 aromatic rings. The third-order valence-corrected chi connectivity index (χ3v) is 2.36. The number of carbonyl (C=O) groups excluding carboxylic acids is 2. The maximum Gasteiger partial charge on any atom is 0.407 e. The molecule has 0 radical (unpaired) electrons. The van der Waals surface area contributed by atoms with Crippen LogP contribution in [0.1, 0.15) is 12.0 Å². The fourth-order valence-electron chi connectivity index (χ4n) is 1.36. The van der Waals surface area contributed by atoms with Crippen molar-refractivity contribution in [2.24, 2.45) is 5.11 Å². The summed E-state index contributed by atoms with van der Waals surface area (Å²) in [6.45, 7) is -0.213. The molecule has 0 aliphatic rings. The number of esters is 1. The van der Waals surface area contributed by atoms with E-state index in [-0.39, 0.29) is 26.2 Å². The Bertz CT molecular complexity index is 602. The molecule has 0 aliphatic heterocycles. The molecule has 0 bridgehead atoms. The predicted molar refractivity (Wildman–Crippen MR) is 74.6 cm³/mol. The Kier molecular flexibility index (Phi) is 7.36. The molecule has 9 heteroatoms. The molecular formula is C13H13N5O4. The monoisotopic (exact) mass is 303 g/mol. The molecule has 0 aromatic heterocycles. The molecule has 22 heavy (non-hydrogen) atoms. The first-order valence-corrected chi connectivity index (χ1v) is 6.23. The van der Waals surface area contributed by atoms with E-state index in [9.17, 15) is 9.59 Å². The van der Waals surface area contributed by atoms with Crippen LogP contribution in [0.5, 0.6) is 0 Å². The molecule has 1 N–H and O–H groups in total. The van der Waals surface area contributed by atoms with E-state index in [0.29, 0.717) is 5.69 Å². The number of rotatable bonds is 7. The van der Waals surface area contributed by atoms with Gasteiger partial charge < -0.3 is 14.8 Å². The van der Waals surface area contributed by atoms with Crippen LogP contribution in [0.3, 0.4) is 0 Å². The summed E-state index contributed by atoms with van der Waals surface area (Å²) in [7, 11) is 0. The van der Waals surface area contributed by atoms with Crippen molar-refractivity contribution in [2.75, 3.05) is 13.2 Å². The molecule has 0 saturated heterocycles. The van der Waals surface area contributed by atoms with Crippen molar-refractivity contribution in [3.63, 3.8) is 0 Å². The van der Waals surface area contributed by atoms with Crippen LogP contribution in [-0.2, 0) is 20.9 Å². The van der Waals surface area contributed by atoms with E-state index in [2.05, 4.69) is 20.1 Å². The van der Waals surface area contributed by atoms with Gasteiger partial charge in [0.2, 0.25) is 0 Å². The molecule has 0 unspecified atom stereocenters. The second kappa shape index (κ2) is 9.63. The van der Waals surface area contributed by atoms with Gasteiger partial charge in [-0.2, -0.15) is 5.26 Å². The second-order valence-electron chi connectivity index (χ2n) is 3.93. The van der Waals surface area contributed by atoms with Crippen molar-refractivity contribution in [3.05, 3.63) is 40.3 Å². The van der Waals surface area contributed by atoms with Crippen LogP contribution in [0.4, 0.5) is 10.5 Å². The molecule has 0 aliphatic carbocycles. The third-order valence-electron chi connectivity index (χ3n) is 2.36. The number of amides is 1. The number of azide groups is 1. The van der Waals surface area contributed by atoms with Crippen molar-refractivity contribution in [1.82, 2.24) is 5.32 Å². The summed E-state index contributed by atoms with van der Waals surface area (Å²) in [6, 6.07) is 8.19. The first-order valence-electron chi connectivity index (χ1n) is 6.23. The highest BCUT2D eigenvalue weighted by molar-refractivity contribution is 5.71. The van der Waals surface area contributed by atoms with Gasteiger partial charge in [0.1, 0.15) is 12.7 Å². The molecule has 0 spiro atoms. The lowest BCUT2D eigenvalue weighted by Crippen LogP contribution is -2.27. The van der Waals surface area contributed by atoms with Gasteiger partial charge in [0, 0.05) is 17.1 Å². The van der Waals surface area contributed by atoms with E-state index in [0.717, 1.165) is 5.56 Å². The largest absolute Gasteiger partial charge is 0.450 e. The van der Waals surface area contributed by atoms with Gasteiger partial charge in [0.05, 0.1) is 6.42 Å². The average Bonchev–Trinajstić information content (AvgIpc) is 2.52. The number of alkyl carbamates (subject to hydrolysis) is 1. The molecule has 1 aromatic carbocycles. The number of nitrogens with zero attached hydrogens (tertiary/aromatic N) is 4. The van der Waals surface area contributed by atoms with Crippen molar-refractivity contribution in [1.29, 1.82) is 5.26 Å². The van der Waals surface area contributed by atoms with E-state index in [1.54, 1.807) is 30.3 Å². The zero-order valence-electron chi connectivity index (χ0n) is 11.6. The summed E-state index contributed by atoms with van der Waals surface area (Å²) in [5.41, 5.74) is 9.45. The standard InChI is InChI=1S/C13H13N5O4/c14-6-8-21-12(19)5-7-16-13(20)22-9-10-1-3-11(4-2-10)17-18-15/h1-4H,5,7-9H2,(H,16,20). The number of ether oxygens (including phenoxy) is 2. The van der Waals surface area contributed by atoms with Gasteiger partial charge in [0.15, 0.2) is 6.61 Å². The van der Waals surface area contributed by atoms with Crippen molar-refractivity contribution in [3.8, 4) is 6.07 Å². The van der Waals surface area contributed by atoms with Gasteiger partial charge in [-0.15, -0.1) is 0 Å². The van der Waals surface area contributed by atoms with Crippen LogP contribution >= 0.6 is 0 Å². The van der Waals surface area contributed by atoms with Gasteiger partial charge in [-0.05, 0) is 11.1 Å². The summed E-state index contributed by atoms with van der Waals surface area (Å²) >= 11 is 0. The number of benzene rings is 1. The molecule has 1 rings (SSSR count). The van der Waals surface area contributed by atoms with Crippen LogP contribution in [0.25, 0.3) is 10.4 Å². The first-order chi connectivity index (χ1) is 10.7. The minimum absolute atomic E-state index is 0.0429. The fourth-order valence-corrected chi connectivity index (χ4v) is 1.36. The Morgan fingerprint density at radius 2 is 2.05 bits per heavy atom. The van der Waals surface area contributed by atoms with E-state index in [1.807, 2.05) is 0 Å². The maximum atomic E-state index is 11.4. The van der Waals surface area contributed by atoms with Gasteiger partial charge in [0.25, 0.3) is 0 Å². The fraction of sp³-hybridized carbons (Fsp3) is 0.308. The Morgan fingerprint density at radius 1 is 1.32 bits per heavy atom. The second-order valence-corrected chi connectivity index (χ2v) is 3.93. The predicted octanol–water partition coefficient (Wildman–Crippen LogP) is 2.31. The Labute approximate surface area is 126 Å². The highest BCUT2D eigenvalue weighted by atomic mass is 16.5. The summed E-state index contributed by atoms with van der Waals surface area (Å²) in [5.74, 6) is -0.574. The zero-order chi connectivity index (χ0) is 16.2. The third kappa shape index (κ3) is 6.79. The van der Waals surface area contributed by atoms with Crippen LogP contribution in [0.2, 0.25) is 0 Å². The van der Waals surface area contributed by atoms with E-state index in [1.165, 1.54) is 0 Å². The van der Waals surface area contributed by atoms with E-state index < -0.39 is 12.1 Å². The minimum Gasteiger partial charge on any atom is -0.450 e. The molecule has 0 atom stereocenters. The molecule has 1 amide bonds. The summed E-state index contributed by atoms with van der Waals surface area (Å²) in [6.07, 6.45) is -0.718. The summed E-state index contributed by atoms with van der Waals surface area (Å²) < 4.78 is 9.44. The smallest absolute Gasteiger partial charge is 0.407 e.